The monoisotopic (exact) mass is 306 g/mol. The van der Waals surface area contributed by atoms with Gasteiger partial charge in [-0.2, -0.15) is 5.10 Å². The van der Waals surface area contributed by atoms with E-state index >= 15 is 0 Å². The Labute approximate surface area is 131 Å². The van der Waals surface area contributed by atoms with E-state index in [1.54, 1.807) is 13.1 Å². The van der Waals surface area contributed by atoms with Crippen molar-refractivity contribution in [1.29, 1.82) is 0 Å². The molecule has 2 heterocycles. The molecule has 0 unspecified atom stereocenters. The summed E-state index contributed by atoms with van der Waals surface area (Å²) >= 11 is 0. The molecule has 122 valence electrons. The molecule has 0 spiro atoms. The van der Waals surface area contributed by atoms with Crippen molar-refractivity contribution in [1.82, 2.24) is 15.2 Å². The quantitative estimate of drug-likeness (QED) is 0.832. The summed E-state index contributed by atoms with van der Waals surface area (Å²) in [5.41, 5.74) is 7.55. The Kier molecular flexibility index (Phi) is 6.98. The van der Waals surface area contributed by atoms with Crippen molar-refractivity contribution in [2.45, 2.75) is 53.0 Å². The highest BCUT2D eigenvalue weighted by atomic mass is 16.5. The number of carbonyl (C=O) groups excluding carboxylic acids is 1. The summed E-state index contributed by atoms with van der Waals surface area (Å²) in [6.07, 6.45) is 8.41. The van der Waals surface area contributed by atoms with E-state index in [2.05, 4.69) is 15.2 Å². The van der Waals surface area contributed by atoms with Crippen molar-refractivity contribution < 1.29 is 9.53 Å². The maximum absolute atomic E-state index is 11.5. The third-order valence-electron chi connectivity index (χ3n) is 3.65. The Morgan fingerprint density at radius 1 is 1.41 bits per heavy atom. The van der Waals surface area contributed by atoms with Gasteiger partial charge in [0, 0.05) is 17.6 Å². The Morgan fingerprint density at radius 3 is 2.64 bits per heavy atom. The van der Waals surface area contributed by atoms with E-state index in [0.717, 1.165) is 10.9 Å². The van der Waals surface area contributed by atoms with Gasteiger partial charge in [0.15, 0.2) is 5.65 Å². The van der Waals surface area contributed by atoms with Gasteiger partial charge in [0.1, 0.15) is 0 Å². The van der Waals surface area contributed by atoms with Crippen LogP contribution >= 0.6 is 0 Å². The second-order valence-electron chi connectivity index (χ2n) is 5.19. The summed E-state index contributed by atoms with van der Waals surface area (Å²) in [6, 6.07) is 0.546. The lowest BCUT2D eigenvalue weighted by Gasteiger charge is -2.04. The van der Waals surface area contributed by atoms with Gasteiger partial charge in [0.25, 0.3) is 0 Å². The number of esters is 1. The van der Waals surface area contributed by atoms with Crippen LogP contribution in [-0.2, 0) is 4.74 Å². The van der Waals surface area contributed by atoms with Crippen LogP contribution in [0.2, 0.25) is 0 Å². The van der Waals surface area contributed by atoms with E-state index < -0.39 is 0 Å². The zero-order valence-corrected chi connectivity index (χ0v) is 12.6. The number of hydrogen-bond donors (Lipinski definition) is 2. The van der Waals surface area contributed by atoms with E-state index in [0.29, 0.717) is 23.9 Å². The van der Waals surface area contributed by atoms with E-state index in [9.17, 15) is 4.79 Å². The normalized spacial score (nSPS) is 14.1. The lowest BCUT2D eigenvalue weighted by molar-refractivity contribution is 0.0525. The highest BCUT2D eigenvalue weighted by molar-refractivity contribution is 5.95. The van der Waals surface area contributed by atoms with Crippen LogP contribution < -0.4 is 5.73 Å². The first-order valence-electron chi connectivity index (χ1n) is 7.34. The molecule has 3 rings (SSSR count). The van der Waals surface area contributed by atoms with E-state index in [1.165, 1.54) is 31.9 Å². The van der Waals surface area contributed by atoms with Gasteiger partial charge in [-0.05, 0) is 32.3 Å². The number of fused-ring (bicyclic) bond motifs is 1. The molecule has 22 heavy (non-hydrogen) atoms. The molecule has 1 aliphatic carbocycles. The minimum absolute atomic E-state index is 0. The fourth-order valence-electron chi connectivity index (χ4n) is 2.40. The van der Waals surface area contributed by atoms with Crippen LogP contribution in [0.3, 0.4) is 0 Å². The highest BCUT2D eigenvalue weighted by Crippen LogP contribution is 2.18. The fraction of sp³-hybridized carbons (Fsp3) is 0.562. The SMILES string of the molecule is C.CCOC(=O)c1cnc2[nH]ncc2c1C.NC1CCCC1. The van der Waals surface area contributed by atoms with Crippen molar-refractivity contribution in [3.05, 3.63) is 23.5 Å². The van der Waals surface area contributed by atoms with Crippen molar-refractivity contribution in [2.24, 2.45) is 5.73 Å². The molecule has 6 heteroatoms. The smallest absolute Gasteiger partial charge is 0.339 e. The van der Waals surface area contributed by atoms with Crippen molar-refractivity contribution in [3.63, 3.8) is 0 Å². The lowest BCUT2D eigenvalue weighted by Crippen LogP contribution is -2.13. The van der Waals surface area contributed by atoms with Gasteiger partial charge >= 0.3 is 5.97 Å². The van der Waals surface area contributed by atoms with Gasteiger partial charge in [0.05, 0.1) is 18.4 Å². The maximum atomic E-state index is 11.5. The highest BCUT2D eigenvalue weighted by Gasteiger charge is 2.13. The molecule has 0 bridgehead atoms. The topological polar surface area (TPSA) is 93.9 Å². The van der Waals surface area contributed by atoms with Gasteiger partial charge in [-0.25, -0.2) is 9.78 Å². The predicted molar refractivity (Wildman–Crippen MR) is 87.8 cm³/mol. The molecule has 1 saturated carbocycles. The minimum atomic E-state index is -0.342. The average molecular weight is 306 g/mol. The molecule has 0 saturated heterocycles. The predicted octanol–water partition coefficient (Wildman–Crippen LogP) is 2.97. The zero-order valence-electron chi connectivity index (χ0n) is 12.6. The number of hydrogen-bond acceptors (Lipinski definition) is 5. The zero-order chi connectivity index (χ0) is 15.2. The van der Waals surface area contributed by atoms with Gasteiger partial charge in [-0.15, -0.1) is 0 Å². The number of carbonyl (C=O) groups is 1. The number of aryl methyl sites for hydroxylation is 1. The van der Waals surface area contributed by atoms with Gasteiger partial charge in [0.2, 0.25) is 0 Å². The Bertz CT molecular complexity index is 603. The number of pyridine rings is 1. The first kappa shape index (κ1) is 18.1. The first-order valence-corrected chi connectivity index (χ1v) is 7.34. The number of ether oxygens (including phenoxy) is 1. The number of nitrogens with zero attached hydrogens (tertiary/aromatic N) is 2. The molecular formula is C16H26N4O2. The van der Waals surface area contributed by atoms with Crippen LogP contribution in [0.5, 0.6) is 0 Å². The minimum Gasteiger partial charge on any atom is -0.462 e. The van der Waals surface area contributed by atoms with Gasteiger partial charge < -0.3 is 10.5 Å². The number of aromatic nitrogens is 3. The number of H-pyrrole nitrogens is 1. The third-order valence-corrected chi connectivity index (χ3v) is 3.65. The van der Waals surface area contributed by atoms with Crippen LogP contribution in [0.25, 0.3) is 11.0 Å². The molecule has 0 aromatic carbocycles. The molecule has 3 N–H and O–H groups in total. The number of nitrogens with two attached hydrogens (primary N) is 1. The fourth-order valence-corrected chi connectivity index (χ4v) is 2.40. The largest absolute Gasteiger partial charge is 0.462 e. The van der Waals surface area contributed by atoms with E-state index in [4.69, 9.17) is 10.5 Å². The maximum Gasteiger partial charge on any atom is 0.339 e. The van der Waals surface area contributed by atoms with Gasteiger partial charge in [-0.3, -0.25) is 5.10 Å². The summed E-state index contributed by atoms with van der Waals surface area (Å²) in [6.45, 7) is 3.99. The van der Waals surface area contributed by atoms with Crippen molar-refractivity contribution >= 4 is 17.0 Å². The molecular weight excluding hydrogens is 280 g/mol. The standard InChI is InChI=1S/C10H11N3O2.C5H11N.CH4/c1-3-15-10(14)8-4-11-9-7(6(8)2)5-12-13-9;6-5-3-1-2-4-5;/h4-5H,3H2,1-2H3,(H,11,12,13);5H,1-4,6H2;1H4. The van der Waals surface area contributed by atoms with Crippen molar-refractivity contribution in [3.8, 4) is 0 Å². The van der Waals surface area contributed by atoms with Crippen molar-refractivity contribution in [2.75, 3.05) is 6.61 Å². The third kappa shape index (κ3) is 4.27. The number of aromatic amines is 1. The molecule has 2 aromatic heterocycles. The molecule has 6 nitrogen and oxygen atoms in total. The van der Waals surface area contributed by atoms with Crippen LogP contribution in [0.4, 0.5) is 0 Å². The molecule has 1 fully saturated rings. The summed E-state index contributed by atoms with van der Waals surface area (Å²) < 4.78 is 4.92. The lowest BCUT2D eigenvalue weighted by atomic mass is 10.1. The molecule has 0 amide bonds. The molecule has 0 aliphatic heterocycles. The second kappa shape index (κ2) is 8.48. The summed E-state index contributed by atoms with van der Waals surface area (Å²) in [4.78, 5) is 15.6. The summed E-state index contributed by atoms with van der Waals surface area (Å²) in [5.74, 6) is -0.342. The molecule has 0 atom stereocenters. The summed E-state index contributed by atoms with van der Waals surface area (Å²) in [7, 11) is 0. The Hall–Kier alpha value is -1.95. The van der Waals surface area contributed by atoms with Crippen LogP contribution in [-0.4, -0.2) is 33.8 Å². The van der Waals surface area contributed by atoms with Crippen LogP contribution in [0, 0.1) is 6.92 Å². The van der Waals surface area contributed by atoms with Gasteiger partial charge in [-0.1, -0.05) is 20.3 Å². The first-order chi connectivity index (χ1) is 10.1. The molecule has 2 aromatic rings. The number of rotatable bonds is 2. The van der Waals surface area contributed by atoms with Crippen LogP contribution in [0.15, 0.2) is 12.4 Å². The molecule has 1 aliphatic rings. The number of nitrogens with one attached hydrogen (secondary N) is 1. The second-order valence-corrected chi connectivity index (χ2v) is 5.19. The van der Waals surface area contributed by atoms with E-state index in [-0.39, 0.29) is 13.4 Å². The summed E-state index contributed by atoms with van der Waals surface area (Å²) in [5, 5.41) is 7.46. The Morgan fingerprint density at radius 2 is 2.09 bits per heavy atom. The Balaban J connectivity index is 0.000000293. The van der Waals surface area contributed by atoms with Crippen LogP contribution in [0.1, 0.15) is 56.0 Å². The molecule has 0 radical (unpaired) electrons. The average Bonchev–Trinajstić information content (AvgIpc) is 3.11. The van der Waals surface area contributed by atoms with E-state index in [1.807, 2.05) is 6.92 Å².